The Labute approximate surface area is 143 Å². The SMILES string of the molecule is COc1ccccc1NC(=O)c1ccnc(Nc2cccc(F)c2)n1. The molecular weight excluding hydrogens is 323 g/mol. The number of amides is 1. The number of carbonyl (C=O) groups excluding carboxylic acids is 1. The number of carbonyl (C=O) groups is 1. The van der Waals surface area contributed by atoms with Gasteiger partial charge in [0.25, 0.3) is 5.91 Å². The molecule has 0 fully saturated rings. The molecule has 0 spiro atoms. The number of methoxy groups -OCH3 is 1. The van der Waals surface area contributed by atoms with Gasteiger partial charge in [-0.15, -0.1) is 0 Å². The number of anilines is 3. The molecule has 0 unspecified atom stereocenters. The molecular formula is C18H15FN4O2. The van der Waals surface area contributed by atoms with E-state index in [9.17, 15) is 9.18 Å². The van der Waals surface area contributed by atoms with Gasteiger partial charge in [0.1, 0.15) is 17.3 Å². The summed E-state index contributed by atoms with van der Waals surface area (Å²) >= 11 is 0. The highest BCUT2D eigenvalue weighted by Gasteiger charge is 2.12. The molecule has 0 saturated carbocycles. The standard InChI is InChI=1S/C18H15FN4O2/c1-25-16-8-3-2-7-14(16)22-17(24)15-9-10-20-18(23-15)21-13-6-4-5-12(19)11-13/h2-11H,1H3,(H,22,24)(H,20,21,23). The van der Waals surface area contributed by atoms with Crippen molar-refractivity contribution in [1.29, 1.82) is 0 Å². The number of rotatable bonds is 5. The van der Waals surface area contributed by atoms with Gasteiger partial charge in [0.2, 0.25) is 5.95 Å². The summed E-state index contributed by atoms with van der Waals surface area (Å²) in [6.45, 7) is 0. The summed E-state index contributed by atoms with van der Waals surface area (Å²) in [7, 11) is 1.52. The molecule has 0 aliphatic rings. The molecule has 7 heteroatoms. The van der Waals surface area contributed by atoms with E-state index in [-0.39, 0.29) is 17.5 Å². The van der Waals surface area contributed by atoms with Crippen LogP contribution in [0.4, 0.5) is 21.7 Å². The molecule has 1 amide bonds. The van der Waals surface area contributed by atoms with Gasteiger partial charge in [0.15, 0.2) is 0 Å². The number of ether oxygens (including phenoxy) is 1. The third-order valence-corrected chi connectivity index (χ3v) is 3.32. The van der Waals surface area contributed by atoms with E-state index in [1.807, 2.05) is 0 Å². The molecule has 2 N–H and O–H groups in total. The van der Waals surface area contributed by atoms with Crippen molar-refractivity contribution in [2.45, 2.75) is 0 Å². The molecule has 3 aromatic rings. The largest absolute Gasteiger partial charge is 0.495 e. The maximum Gasteiger partial charge on any atom is 0.274 e. The monoisotopic (exact) mass is 338 g/mol. The second kappa shape index (κ2) is 7.39. The second-order valence-corrected chi connectivity index (χ2v) is 5.06. The molecule has 126 valence electrons. The maximum atomic E-state index is 13.2. The van der Waals surface area contributed by atoms with E-state index in [0.717, 1.165) is 0 Å². The molecule has 0 bridgehead atoms. The lowest BCUT2D eigenvalue weighted by Crippen LogP contribution is -2.15. The van der Waals surface area contributed by atoms with Crippen LogP contribution in [0.3, 0.4) is 0 Å². The zero-order valence-corrected chi connectivity index (χ0v) is 13.4. The minimum atomic E-state index is -0.408. The fraction of sp³-hybridized carbons (Fsp3) is 0.0556. The van der Waals surface area contributed by atoms with E-state index in [2.05, 4.69) is 20.6 Å². The number of nitrogens with zero attached hydrogens (tertiary/aromatic N) is 2. The highest BCUT2D eigenvalue weighted by molar-refractivity contribution is 6.03. The summed E-state index contributed by atoms with van der Waals surface area (Å²) in [6, 6.07) is 14.4. The van der Waals surface area contributed by atoms with Crippen molar-refractivity contribution >= 4 is 23.2 Å². The number of para-hydroxylation sites is 2. The first-order valence-corrected chi connectivity index (χ1v) is 7.46. The fourth-order valence-corrected chi connectivity index (χ4v) is 2.17. The summed E-state index contributed by atoms with van der Waals surface area (Å²) in [4.78, 5) is 20.6. The Balaban J connectivity index is 1.77. The molecule has 0 atom stereocenters. The first-order valence-electron chi connectivity index (χ1n) is 7.46. The molecule has 0 aliphatic heterocycles. The number of halogens is 1. The van der Waals surface area contributed by atoms with Gasteiger partial charge in [-0.3, -0.25) is 4.79 Å². The molecule has 1 aromatic heterocycles. The molecule has 0 saturated heterocycles. The van der Waals surface area contributed by atoms with Gasteiger partial charge >= 0.3 is 0 Å². The molecule has 2 aromatic carbocycles. The van der Waals surface area contributed by atoms with E-state index < -0.39 is 5.91 Å². The van der Waals surface area contributed by atoms with Crippen molar-refractivity contribution in [2.75, 3.05) is 17.7 Å². The van der Waals surface area contributed by atoms with Gasteiger partial charge in [-0.2, -0.15) is 0 Å². The lowest BCUT2D eigenvalue weighted by Gasteiger charge is -2.10. The molecule has 3 rings (SSSR count). The summed E-state index contributed by atoms with van der Waals surface area (Å²) in [6.07, 6.45) is 1.45. The first-order chi connectivity index (χ1) is 12.2. The zero-order valence-electron chi connectivity index (χ0n) is 13.4. The van der Waals surface area contributed by atoms with Crippen LogP contribution in [0.25, 0.3) is 0 Å². The van der Waals surface area contributed by atoms with Crippen LogP contribution in [0, 0.1) is 5.82 Å². The van der Waals surface area contributed by atoms with Gasteiger partial charge < -0.3 is 15.4 Å². The van der Waals surface area contributed by atoms with Crippen molar-refractivity contribution in [1.82, 2.24) is 9.97 Å². The lowest BCUT2D eigenvalue weighted by atomic mass is 10.2. The highest BCUT2D eigenvalue weighted by atomic mass is 19.1. The normalized spacial score (nSPS) is 10.2. The number of aromatic nitrogens is 2. The van der Waals surface area contributed by atoms with Gasteiger partial charge in [-0.1, -0.05) is 18.2 Å². The number of hydrogen-bond acceptors (Lipinski definition) is 5. The predicted molar refractivity (Wildman–Crippen MR) is 92.7 cm³/mol. The average Bonchev–Trinajstić information content (AvgIpc) is 2.62. The third-order valence-electron chi connectivity index (χ3n) is 3.32. The van der Waals surface area contributed by atoms with Crippen LogP contribution in [-0.2, 0) is 0 Å². The van der Waals surface area contributed by atoms with Crippen LogP contribution in [-0.4, -0.2) is 23.0 Å². The van der Waals surface area contributed by atoms with Crippen molar-refractivity contribution in [2.24, 2.45) is 0 Å². The maximum absolute atomic E-state index is 13.2. The Kier molecular flexibility index (Phi) is 4.84. The minimum Gasteiger partial charge on any atom is -0.495 e. The molecule has 0 radical (unpaired) electrons. The van der Waals surface area contributed by atoms with Crippen molar-refractivity contribution < 1.29 is 13.9 Å². The van der Waals surface area contributed by atoms with Crippen LogP contribution in [0.2, 0.25) is 0 Å². The predicted octanol–water partition coefficient (Wildman–Crippen LogP) is 3.62. The van der Waals surface area contributed by atoms with Crippen molar-refractivity contribution in [3.05, 3.63) is 72.3 Å². The summed E-state index contributed by atoms with van der Waals surface area (Å²) in [5, 5.41) is 5.60. The summed E-state index contributed by atoms with van der Waals surface area (Å²) in [5.41, 5.74) is 1.19. The number of nitrogens with one attached hydrogen (secondary N) is 2. The van der Waals surface area contributed by atoms with E-state index in [0.29, 0.717) is 17.1 Å². The van der Waals surface area contributed by atoms with Gasteiger partial charge in [0.05, 0.1) is 12.8 Å². The second-order valence-electron chi connectivity index (χ2n) is 5.06. The average molecular weight is 338 g/mol. The van der Waals surface area contributed by atoms with Gasteiger partial charge in [0, 0.05) is 11.9 Å². The lowest BCUT2D eigenvalue weighted by molar-refractivity contribution is 0.102. The third kappa shape index (κ3) is 4.08. The zero-order chi connectivity index (χ0) is 17.6. The topological polar surface area (TPSA) is 76.1 Å². The van der Waals surface area contributed by atoms with Crippen molar-refractivity contribution in [3.63, 3.8) is 0 Å². The Bertz CT molecular complexity index is 902. The summed E-state index contributed by atoms with van der Waals surface area (Å²) in [5.74, 6) is -0.0504. The van der Waals surface area contributed by atoms with E-state index in [4.69, 9.17) is 4.74 Å². The fourth-order valence-electron chi connectivity index (χ4n) is 2.17. The van der Waals surface area contributed by atoms with E-state index in [1.165, 1.54) is 31.5 Å². The van der Waals surface area contributed by atoms with Crippen LogP contribution in [0.15, 0.2) is 60.8 Å². The molecule has 6 nitrogen and oxygen atoms in total. The van der Waals surface area contributed by atoms with Crippen LogP contribution in [0.1, 0.15) is 10.5 Å². The first kappa shape index (κ1) is 16.4. The highest BCUT2D eigenvalue weighted by Crippen LogP contribution is 2.23. The quantitative estimate of drug-likeness (QED) is 0.743. The molecule has 25 heavy (non-hydrogen) atoms. The molecule has 0 aliphatic carbocycles. The Morgan fingerprint density at radius 3 is 2.76 bits per heavy atom. The van der Waals surface area contributed by atoms with Crippen molar-refractivity contribution in [3.8, 4) is 5.75 Å². The Morgan fingerprint density at radius 2 is 1.96 bits per heavy atom. The van der Waals surface area contributed by atoms with Crippen LogP contribution in [0.5, 0.6) is 5.75 Å². The smallest absolute Gasteiger partial charge is 0.274 e. The Hall–Kier alpha value is -3.48. The van der Waals surface area contributed by atoms with E-state index >= 15 is 0 Å². The van der Waals surface area contributed by atoms with Gasteiger partial charge in [-0.05, 0) is 36.4 Å². The number of hydrogen-bond donors (Lipinski definition) is 2. The van der Waals surface area contributed by atoms with Crippen LogP contribution >= 0.6 is 0 Å². The number of benzene rings is 2. The summed E-state index contributed by atoms with van der Waals surface area (Å²) < 4.78 is 18.4. The van der Waals surface area contributed by atoms with Crippen LogP contribution < -0.4 is 15.4 Å². The minimum absolute atomic E-state index is 0.166. The van der Waals surface area contributed by atoms with E-state index in [1.54, 1.807) is 36.4 Å². The van der Waals surface area contributed by atoms with Gasteiger partial charge in [-0.25, -0.2) is 14.4 Å². The Morgan fingerprint density at radius 1 is 1.12 bits per heavy atom. The molecule has 1 heterocycles.